The Morgan fingerprint density at radius 3 is 2.08 bits per heavy atom. The first-order valence-electron chi connectivity index (χ1n) is 4.63. The zero-order chi connectivity index (χ0) is 10.2. The lowest BCUT2D eigenvalue weighted by Crippen LogP contribution is -2.11. The lowest BCUT2D eigenvalue weighted by molar-refractivity contribution is 0.442. The maximum atomic E-state index is 9.91. The van der Waals surface area contributed by atoms with Crippen LogP contribution >= 0.6 is 0 Å². The Morgan fingerprint density at radius 1 is 1.08 bits per heavy atom. The maximum absolute atomic E-state index is 9.91. The highest BCUT2D eigenvalue weighted by molar-refractivity contribution is 5.47. The first-order chi connectivity index (χ1) is 5.84. The highest BCUT2D eigenvalue weighted by atomic mass is 16.3. The molecule has 0 heterocycles. The van der Waals surface area contributed by atoms with Gasteiger partial charge in [0.1, 0.15) is 5.75 Å². The van der Waals surface area contributed by atoms with Gasteiger partial charge >= 0.3 is 0 Å². The quantitative estimate of drug-likeness (QED) is 0.646. The lowest BCUT2D eigenvalue weighted by atomic mass is 9.84. The summed E-state index contributed by atoms with van der Waals surface area (Å²) in [5, 5.41) is 9.91. The van der Waals surface area contributed by atoms with Crippen molar-refractivity contribution in [3.8, 4) is 5.75 Å². The van der Waals surface area contributed by atoms with Crippen LogP contribution in [0.2, 0.25) is 0 Å². The molecule has 13 heavy (non-hydrogen) atoms. The van der Waals surface area contributed by atoms with Gasteiger partial charge in [-0.15, -0.1) is 0 Å². The first-order valence-corrected chi connectivity index (χ1v) is 4.63. The SMILES string of the molecule is Cc1ccc(C(C)(C)C)c(O)c1C. The fourth-order valence-electron chi connectivity index (χ4n) is 1.41. The molecule has 0 bridgehead atoms. The minimum Gasteiger partial charge on any atom is -0.507 e. The van der Waals surface area contributed by atoms with Gasteiger partial charge in [-0.3, -0.25) is 0 Å². The topological polar surface area (TPSA) is 20.2 Å². The summed E-state index contributed by atoms with van der Waals surface area (Å²) in [6.45, 7) is 10.3. The number of benzene rings is 1. The Labute approximate surface area is 80.4 Å². The molecule has 1 heteroatoms. The standard InChI is InChI=1S/C12H18O/c1-8-6-7-10(12(3,4)5)11(13)9(8)2/h6-7,13H,1-5H3. The van der Waals surface area contributed by atoms with Crippen LogP contribution in [0.4, 0.5) is 0 Å². The van der Waals surface area contributed by atoms with Crippen molar-refractivity contribution in [1.29, 1.82) is 0 Å². The van der Waals surface area contributed by atoms with Crippen LogP contribution in [0.25, 0.3) is 0 Å². The van der Waals surface area contributed by atoms with Gasteiger partial charge in [-0.1, -0.05) is 32.9 Å². The molecule has 0 saturated carbocycles. The van der Waals surface area contributed by atoms with Gasteiger partial charge in [0, 0.05) is 0 Å². The van der Waals surface area contributed by atoms with E-state index in [9.17, 15) is 5.11 Å². The van der Waals surface area contributed by atoms with E-state index < -0.39 is 0 Å². The summed E-state index contributed by atoms with van der Waals surface area (Å²) >= 11 is 0. The van der Waals surface area contributed by atoms with Crippen molar-refractivity contribution in [2.24, 2.45) is 0 Å². The highest BCUT2D eigenvalue weighted by Crippen LogP contribution is 2.33. The summed E-state index contributed by atoms with van der Waals surface area (Å²) in [7, 11) is 0. The third-order valence-electron chi connectivity index (χ3n) is 2.51. The van der Waals surface area contributed by atoms with Gasteiger partial charge in [0.05, 0.1) is 0 Å². The summed E-state index contributed by atoms with van der Waals surface area (Å²) < 4.78 is 0. The van der Waals surface area contributed by atoms with Crippen molar-refractivity contribution in [1.82, 2.24) is 0 Å². The third kappa shape index (κ3) is 1.85. The van der Waals surface area contributed by atoms with Crippen LogP contribution in [0, 0.1) is 13.8 Å². The Hall–Kier alpha value is -0.980. The molecule has 0 saturated heterocycles. The van der Waals surface area contributed by atoms with Crippen molar-refractivity contribution in [3.63, 3.8) is 0 Å². The fourth-order valence-corrected chi connectivity index (χ4v) is 1.41. The minimum absolute atomic E-state index is 0.0164. The maximum Gasteiger partial charge on any atom is 0.122 e. The van der Waals surface area contributed by atoms with Crippen molar-refractivity contribution < 1.29 is 5.11 Å². The number of hydrogen-bond donors (Lipinski definition) is 1. The number of aromatic hydroxyl groups is 1. The van der Waals surface area contributed by atoms with E-state index in [1.807, 2.05) is 19.9 Å². The van der Waals surface area contributed by atoms with Gasteiger partial charge in [0.25, 0.3) is 0 Å². The summed E-state index contributed by atoms with van der Waals surface area (Å²) in [4.78, 5) is 0. The molecule has 0 aliphatic carbocycles. The summed E-state index contributed by atoms with van der Waals surface area (Å²) in [6.07, 6.45) is 0. The predicted molar refractivity (Wildman–Crippen MR) is 56.3 cm³/mol. The van der Waals surface area contributed by atoms with Crippen LogP contribution in [0.3, 0.4) is 0 Å². The smallest absolute Gasteiger partial charge is 0.122 e. The monoisotopic (exact) mass is 178 g/mol. The second-order valence-electron chi connectivity index (χ2n) is 4.65. The molecule has 1 N–H and O–H groups in total. The van der Waals surface area contributed by atoms with E-state index >= 15 is 0 Å². The van der Waals surface area contributed by atoms with Crippen LogP contribution in [-0.2, 0) is 5.41 Å². The Bertz CT molecular complexity index is 319. The minimum atomic E-state index is 0.0164. The molecule has 0 atom stereocenters. The summed E-state index contributed by atoms with van der Waals surface area (Å²) in [6, 6.07) is 4.08. The van der Waals surface area contributed by atoms with Crippen LogP contribution in [0.5, 0.6) is 5.75 Å². The van der Waals surface area contributed by atoms with Crippen molar-refractivity contribution in [3.05, 3.63) is 28.8 Å². The largest absolute Gasteiger partial charge is 0.507 e. The van der Waals surface area contributed by atoms with E-state index in [1.54, 1.807) is 0 Å². The number of aryl methyl sites for hydroxylation is 1. The zero-order valence-electron chi connectivity index (χ0n) is 9.10. The molecule has 0 unspecified atom stereocenters. The molecular formula is C12H18O. The second-order valence-corrected chi connectivity index (χ2v) is 4.65. The van der Waals surface area contributed by atoms with E-state index in [4.69, 9.17) is 0 Å². The Balaban J connectivity index is 3.35. The molecule has 0 spiro atoms. The van der Waals surface area contributed by atoms with Gasteiger partial charge in [-0.05, 0) is 36.0 Å². The van der Waals surface area contributed by atoms with Crippen LogP contribution in [0.1, 0.15) is 37.5 Å². The van der Waals surface area contributed by atoms with Gasteiger partial charge in [0.2, 0.25) is 0 Å². The van der Waals surface area contributed by atoms with Gasteiger partial charge in [-0.2, -0.15) is 0 Å². The van der Waals surface area contributed by atoms with Gasteiger partial charge in [0.15, 0.2) is 0 Å². The number of phenols is 1. The first kappa shape index (κ1) is 10.1. The molecule has 0 amide bonds. The van der Waals surface area contributed by atoms with E-state index in [0.717, 1.165) is 16.7 Å². The van der Waals surface area contributed by atoms with Crippen LogP contribution < -0.4 is 0 Å². The Morgan fingerprint density at radius 2 is 1.62 bits per heavy atom. The highest BCUT2D eigenvalue weighted by Gasteiger charge is 2.19. The molecule has 1 nitrogen and oxygen atoms in total. The number of rotatable bonds is 0. The fraction of sp³-hybridized carbons (Fsp3) is 0.500. The van der Waals surface area contributed by atoms with Crippen LogP contribution in [0.15, 0.2) is 12.1 Å². The Kier molecular flexibility index (Phi) is 2.38. The molecule has 0 aliphatic heterocycles. The number of phenolic OH excluding ortho intramolecular Hbond substituents is 1. The summed E-state index contributed by atoms with van der Waals surface area (Å²) in [5.74, 6) is 0.451. The molecule has 0 aromatic heterocycles. The average Bonchev–Trinajstić information content (AvgIpc) is 1.98. The molecule has 1 rings (SSSR count). The third-order valence-corrected chi connectivity index (χ3v) is 2.51. The van der Waals surface area contributed by atoms with Crippen LogP contribution in [-0.4, -0.2) is 5.11 Å². The van der Waals surface area contributed by atoms with Crippen molar-refractivity contribution in [2.75, 3.05) is 0 Å². The normalized spacial score (nSPS) is 11.8. The molecule has 72 valence electrons. The number of hydrogen-bond acceptors (Lipinski definition) is 1. The van der Waals surface area contributed by atoms with E-state index in [0.29, 0.717) is 5.75 Å². The molecule has 1 aromatic carbocycles. The zero-order valence-corrected chi connectivity index (χ0v) is 9.10. The van der Waals surface area contributed by atoms with E-state index in [-0.39, 0.29) is 5.41 Å². The van der Waals surface area contributed by atoms with Gasteiger partial charge in [-0.25, -0.2) is 0 Å². The molecular weight excluding hydrogens is 160 g/mol. The molecule has 1 aromatic rings. The van der Waals surface area contributed by atoms with E-state index in [1.165, 1.54) is 0 Å². The summed E-state index contributed by atoms with van der Waals surface area (Å²) in [5.41, 5.74) is 3.18. The van der Waals surface area contributed by atoms with Gasteiger partial charge < -0.3 is 5.11 Å². The average molecular weight is 178 g/mol. The molecule has 0 fully saturated rings. The molecule has 0 radical (unpaired) electrons. The van der Waals surface area contributed by atoms with E-state index in [2.05, 4.69) is 26.8 Å². The predicted octanol–water partition coefficient (Wildman–Crippen LogP) is 3.31. The van der Waals surface area contributed by atoms with Crippen molar-refractivity contribution >= 4 is 0 Å². The molecule has 0 aliphatic rings. The van der Waals surface area contributed by atoms with Crippen molar-refractivity contribution in [2.45, 2.75) is 40.0 Å². The second kappa shape index (κ2) is 3.06. The lowest BCUT2D eigenvalue weighted by Gasteiger charge is -2.22.